The Kier molecular flexibility index (Phi) is 8.05. The van der Waals surface area contributed by atoms with Gasteiger partial charge in [-0.2, -0.15) is 0 Å². The van der Waals surface area contributed by atoms with E-state index in [0.29, 0.717) is 17.2 Å². The lowest BCUT2D eigenvalue weighted by Crippen LogP contribution is -2.07. The van der Waals surface area contributed by atoms with E-state index >= 15 is 0 Å². The standard InChI is InChI=1S/C28H32O6/c1-17(2)7-8-18(3)9-10-19(4)13-14-33-23-15-20(31-5)16-24-26(23)27(30)25-21(29)11-12-22(32-6)28(25)34-24/h7,9,11-13,15-16,29H,8,10,14H2,1-6H3/b18-9+,19-13+. The van der Waals surface area contributed by atoms with Crippen LogP contribution in [0.2, 0.25) is 0 Å². The molecule has 0 atom stereocenters. The van der Waals surface area contributed by atoms with Crippen molar-refractivity contribution in [3.05, 3.63) is 69.4 Å². The van der Waals surface area contributed by atoms with E-state index in [-0.39, 0.29) is 34.3 Å². The average Bonchev–Trinajstić information content (AvgIpc) is 2.81. The van der Waals surface area contributed by atoms with Gasteiger partial charge in [0.05, 0.1) is 14.2 Å². The van der Waals surface area contributed by atoms with E-state index in [4.69, 9.17) is 18.6 Å². The molecular formula is C28H32O6. The van der Waals surface area contributed by atoms with E-state index in [9.17, 15) is 9.90 Å². The molecule has 1 N–H and O–H groups in total. The van der Waals surface area contributed by atoms with Gasteiger partial charge in [0.1, 0.15) is 40.2 Å². The van der Waals surface area contributed by atoms with Gasteiger partial charge >= 0.3 is 0 Å². The van der Waals surface area contributed by atoms with Gasteiger partial charge in [0.25, 0.3) is 0 Å². The first-order valence-corrected chi connectivity index (χ1v) is 11.2. The molecule has 0 aliphatic carbocycles. The van der Waals surface area contributed by atoms with Crippen LogP contribution in [0.1, 0.15) is 40.5 Å². The van der Waals surface area contributed by atoms with Crippen molar-refractivity contribution in [2.45, 2.75) is 40.5 Å². The summed E-state index contributed by atoms with van der Waals surface area (Å²) in [6.45, 7) is 8.64. The second-order valence-electron chi connectivity index (χ2n) is 8.52. The van der Waals surface area contributed by atoms with Crippen molar-refractivity contribution in [1.29, 1.82) is 0 Å². The highest BCUT2D eigenvalue weighted by Crippen LogP contribution is 2.36. The summed E-state index contributed by atoms with van der Waals surface area (Å²) >= 11 is 0. The van der Waals surface area contributed by atoms with Gasteiger partial charge in [0.15, 0.2) is 11.3 Å². The van der Waals surface area contributed by atoms with Crippen molar-refractivity contribution in [2.75, 3.05) is 20.8 Å². The molecule has 0 fully saturated rings. The van der Waals surface area contributed by atoms with E-state index in [0.717, 1.165) is 18.4 Å². The number of phenols is 1. The molecule has 34 heavy (non-hydrogen) atoms. The van der Waals surface area contributed by atoms with Gasteiger partial charge in [-0.05, 0) is 58.7 Å². The zero-order valence-electron chi connectivity index (χ0n) is 20.7. The molecule has 180 valence electrons. The number of ether oxygens (including phenoxy) is 3. The van der Waals surface area contributed by atoms with Gasteiger partial charge < -0.3 is 23.7 Å². The van der Waals surface area contributed by atoms with Crippen LogP contribution in [-0.4, -0.2) is 25.9 Å². The number of methoxy groups -OCH3 is 2. The van der Waals surface area contributed by atoms with Crippen LogP contribution in [0.25, 0.3) is 21.9 Å². The summed E-state index contributed by atoms with van der Waals surface area (Å²) in [7, 11) is 3.01. The molecule has 1 aromatic heterocycles. The van der Waals surface area contributed by atoms with Gasteiger partial charge in [-0.25, -0.2) is 0 Å². The molecule has 0 bridgehead atoms. The molecule has 0 unspecified atom stereocenters. The largest absolute Gasteiger partial charge is 0.507 e. The molecule has 0 amide bonds. The molecule has 0 aliphatic rings. The first-order chi connectivity index (χ1) is 16.2. The van der Waals surface area contributed by atoms with E-state index in [2.05, 4.69) is 32.9 Å². The summed E-state index contributed by atoms with van der Waals surface area (Å²) < 4.78 is 22.6. The molecule has 0 spiro atoms. The molecule has 0 saturated carbocycles. The number of hydrogen-bond acceptors (Lipinski definition) is 6. The van der Waals surface area contributed by atoms with E-state index in [1.165, 1.54) is 31.4 Å². The van der Waals surface area contributed by atoms with Gasteiger partial charge in [-0.3, -0.25) is 4.79 Å². The lowest BCUT2D eigenvalue weighted by atomic mass is 10.1. The van der Waals surface area contributed by atoms with Crippen LogP contribution in [0.4, 0.5) is 0 Å². The minimum atomic E-state index is -0.399. The molecule has 1 heterocycles. The van der Waals surface area contributed by atoms with E-state index < -0.39 is 5.43 Å². The number of phenolic OH excluding ortho intramolecular Hbond substituents is 1. The molecule has 0 saturated heterocycles. The molecule has 3 aromatic rings. The quantitative estimate of drug-likeness (QED) is 0.281. The summed E-state index contributed by atoms with van der Waals surface area (Å²) in [5, 5.41) is 10.6. The number of hydrogen-bond donors (Lipinski definition) is 1. The normalized spacial score (nSPS) is 12.2. The van der Waals surface area contributed by atoms with Crippen molar-refractivity contribution in [3.8, 4) is 23.0 Å². The fraction of sp³-hybridized carbons (Fsp3) is 0.321. The highest BCUT2D eigenvalue weighted by atomic mass is 16.5. The van der Waals surface area contributed by atoms with Crippen LogP contribution in [-0.2, 0) is 0 Å². The Morgan fingerprint density at radius 2 is 1.62 bits per heavy atom. The Morgan fingerprint density at radius 1 is 0.912 bits per heavy atom. The van der Waals surface area contributed by atoms with Crippen molar-refractivity contribution < 1.29 is 23.7 Å². The summed E-state index contributed by atoms with van der Waals surface area (Å²) in [6.07, 6.45) is 8.18. The minimum absolute atomic E-state index is 0.0468. The fourth-order valence-electron chi connectivity index (χ4n) is 3.51. The van der Waals surface area contributed by atoms with Crippen molar-refractivity contribution >= 4 is 21.9 Å². The lowest BCUT2D eigenvalue weighted by Gasteiger charge is -2.12. The Morgan fingerprint density at radius 3 is 2.29 bits per heavy atom. The van der Waals surface area contributed by atoms with Gasteiger partial charge in [0.2, 0.25) is 5.43 Å². The Hall–Kier alpha value is -3.67. The lowest BCUT2D eigenvalue weighted by molar-refractivity contribution is 0.359. The number of rotatable bonds is 9. The summed E-state index contributed by atoms with van der Waals surface area (Å²) in [5.41, 5.74) is 3.84. The van der Waals surface area contributed by atoms with Gasteiger partial charge in [0, 0.05) is 12.1 Å². The molecular weight excluding hydrogens is 432 g/mol. The first kappa shape index (κ1) is 25.0. The molecule has 0 aliphatic heterocycles. The average molecular weight is 465 g/mol. The van der Waals surface area contributed by atoms with Crippen molar-refractivity contribution in [1.82, 2.24) is 0 Å². The Labute approximate surface area is 199 Å². The predicted octanol–water partition coefficient (Wildman–Crippen LogP) is 6.69. The molecule has 3 rings (SSSR count). The predicted molar refractivity (Wildman–Crippen MR) is 136 cm³/mol. The number of benzene rings is 2. The zero-order chi connectivity index (χ0) is 24.8. The maximum Gasteiger partial charge on any atom is 0.208 e. The molecule has 2 aromatic carbocycles. The van der Waals surface area contributed by atoms with Gasteiger partial charge in [-0.15, -0.1) is 0 Å². The Bertz CT molecular complexity index is 1340. The highest BCUT2D eigenvalue weighted by molar-refractivity contribution is 5.98. The third kappa shape index (κ3) is 5.63. The smallest absolute Gasteiger partial charge is 0.208 e. The fourth-order valence-corrected chi connectivity index (χ4v) is 3.51. The SMILES string of the molecule is COc1cc(OC/C=C(\C)C/C=C(\C)CC=C(C)C)c2c(=O)c3c(O)ccc(OC)c3oc2c1. The third-order valence-electron chi connectivity index (χ3n) is 5.54. The second kappa shape index (κ2) is 11.0. The monoisotopic (exact) mass is 464 g/mol. The number of allylic oxidation sites excluding steroid dienone is 5. The summed E-state index contributed by atoms with van der Waals surface area (Å²) in [6, 6.07) is 6.23. The van der Waals surface area contributed by atoms with Crippen LogP contribution in [0.5, 0.6) is 23.0 Å². The van der Waals surface area contributed by atoms with Crippen LogP contribution in [0.3, 0.4) is 0 Å². The zero-order valence-corrected chi connectivity index (χ0v) is 20.7. The maximum atomic E-state index is 13.4. The number of fused-ring (bicyclic) bond motifs is 2. The number of aromatic hydroxyl groups is 1. The van der Waals surface area contributed by atoms with Crippen LogP contribution in [0, 0.1) is 0 Å². The minimum Gasteiger partial charge on any atom is -0.507 e. The maximum absolute atomic E-state index is 13.4. The summed E-state index contributed by atoms with van der Waals surface area (Å²) in [4.78, 5) is 13.4. The molecule has 6 heteroatoms. The molecule has 0 radical (unpaired) electrons. The first-order valence-electron chi connectivity index (χ1n) is 11.2. The van der Waals surface area contributed by atoms with Crippen LogP contribution >= 0.6 is 0 Å². The van der Waals surface area contributed by atoms with Crippen molar-refractivity contribution in [3.63, 3.8) is 0 Å². The molecule has 6 nitrogen and oxygen atoms in total. The van der Waals surface area contributed by atoms with E-state index in [1.807, 2.05) is 13.0 Å². The topological polar surface area (TPSA) is 78.1 Å². The van der Waals surface area contributed by atoms with Crippen molar-refractivity contribution in [2.24, 2.45) is 0 Å². The Balaban J connectivity index is 1.94. The highest BCUT2D eigenvalue weighted by Gasteiger charge is 2.19. The second-order valence-corrected chi connectivity index (χ2v) is 8.52. The summed E-state index contributed by atoms with van der Waals surface area (Å²) in [5.74, 6) is 0.983. The van der Waals surface area contributed by atoms with Gasteiger partial charge in [-0.1, -0.05) is 28.9 Å². The van der Waals surface area contributed by atoms with E-state index in [1.54, 1.807) is 18.2 Å². The van der Waals surface area contributed by atoms with Crippen LogP contribution in [0.15, 0.2) is 68.4 Å². The van der Waals surface area contributed by atoms with Crippen LogP contribution < -0.4 is 19.6 Å². The third-order valence-corrected chi connectivity index (χ3v) is 5.54.